The third-order valence-corrected chi connectivity index (χ3v) is 5.61. The number of anilines is 1. The molecule has 1 amide bonds. The van der Waals surface area contributed by atoms with Crippen LogP contribution in [-0.4, -0.2) is 78.0 Å². The van der Waals surface area contributed by atoms with Crippen LogP contribution in [0.5, 0.6) is 0 Å². The summed E-state index contributed by atoms with van der Waals surface area (Å²) in [6.07, 6.45) is 4.47. The maximum absolute atomic E-state index is 12.6. The molecule has 1 aromatic heterocycles. The van der Waals surface area contributed by atoms with Crippen molar-refractivity contribution >= 4 is 11.9 Å². The quantitative estimate of drug-likeness (QED) is 0.623. The van der Waals surface area contributed by atoms with Crippen molar-refractivity contribution in [1.29, 1.82) is 0 Å². The fourth-order valence-corrected chi connectivity index (χ4v) is 4.09. The van der Waals surface area contributed by atoms with Gasteiger partial charge in [0.2, 0.25) is 11.9 Å². The minimum absolute atomic E-state index is 0.0790. The van der Waals surface area contributed by atoms with Crippen LogP contribution in [0.25, 0.3) is 0 Å². The van der Waals surface area contributed by atoms with Crippen molar-refractivity contribution in [3.05, 3.63) is 22.1 Å². The molecule has 2 aliphatic heterocycles. The summed E-state index contributed by atoms with van der Waals surface area (Å²) in [6, 6.07) is 2.08. The number of aryl methyl sites for hydroxylation is 1. The van der Waals surface area contributed by atoms with Gasteiger partial charge in [-0.05, 0) is 59.3 Å². The van der Waals surface area contributed by atoms with Crippen molar-refractivity contribution < 1.29 is 4.79 Å². The maximum atomic E-state index is 12.6. The van der Waals surface area contributed by atoms with Gasteiger partial charge in [-0.3, -0.25) is 19.5 Å². The molecule has 2 saturated heterocycles. The molecule has 3 N–H and O–H groups in total. The molecule has 0 radical (unpaired) electrons. The summed E-state index contributed by atoms with van der Waals surface area (Å²) in [5.41, 5.74) is 0.492. The molecular formula is C19H32N6O2. The predicted octanol–water partition coefficient (Wildman–Crippen LogP) is 0.413. The van der Waals surface area contributed by atoms with Crippen LogP contribution in [0, 0.1) is 12.8 Å². The molecular weight excluding hydrogens is 344 g/mol. The Morgan fingerprint density at radius 2 is 2.04 bits per heavy atom. The molecule has 8 nitrogen and oxygen atoms in total. The summed E-state index contributed by atoms with van der Waals surface area (Å²) in [5, 5.41) is 6.08. The highest BCUT2D eigenvalue weighted by Crippen LogP contribution is 2.23. The number of amides is 1. The third kappa shape index (κ3) is 5.77. The van der Waals surface area contributed by atoms with E-state index in [0.717, 1.165) is 39.0 Å². The molecule has 0 unspecified atom stereocenters. The minimum Gasteiger partial charge on any atom is -0.354 e. The number of nitrogens with one attached hydrogen (secondary N) is 3. The zero-order valence-electron chi connectivity index (χ0n) is 16.5. The molecule has 2 fully saturated rings. The van der Waals surface area contributed by atoms with Crippen LogP contribution in [0.1, 0.15) is 31.4 Å². The number of piperidine rings is 2. The Morgan fingerprint density at radius 3 is 2.78 bits per heavy atom. The summed E-state index contributed by atoms with van der Waals surface area (Å²) in [7, 11) is 2.18. The van der Waals surface area contributed by atoms with Crippen molar-refractivity contribution in [2.24, 2.45) is 5.92 Å². The molecule has 0 aliphatic carbocycles. The van der Waals surface area contributed by atoms with E-state index >= 15 is 0 Å². The van der Waals surface area contributed by atoms with Crippen LogP contribution >= 0.6 is 0 Å². The Labute approximate surface area is 160 Å². The maximum Gasteiger partial charge on any atom is 0.252 e. The molecule has 3 heterocycles. The highest BCUT2D eigenvalue weighted by molar-refractivity contribution is 5.79. The molecule has 8 heteroatoms. The van der Waals surface area contributed by atoms with Gasteiger partial charge in [0.1, 0.15) is 0 Å². The van der Waals surface area contributed by atoms with Crippen LogP contribution in [0.2, 0.25) is 0 Å². The lowest BCUT2D eigenvalue weighted by Gasteiger charge is -2.41. The van der Waals surface area contributed by atoms with E-state index in [1.807, 2.05) is 0 Å². The zero-order valence-corrected chi connectivity index (χ0v) is 16.5. The number of aromatic amines is 1. The number of rotatable bonds is 6. The fraction of sp³-hybridized carbons (Fsp3) is 0.737. The van der Waals surface area contributed by atoms with Crippen molar-refractivity contribution in [3.63, 3.8) is 0 Å². The second-order valence-corrected chi connectivity index (χ2v) is 7.82. The van der Waals surface area contributed by atoms with Gasteiger partial charge in [-0.2, -0.15) is 0 Å². The number of carbonyl (C=O) groups excluding carboxylic acids is 1. The first-order chi connectivity index (χ1) is 13.0. The summed E-state index contributed by atoms with van der Waals surface area (Å²) < 4.78 is 0. The Balaban J connectivity index is 1.40. The summed E-state index contributed by atoms with van der Waals surface area (Å²) in [6.45, 7) is 7.12. The average molecular weight is 377 g/mol. The second-order valence-electron chi connectivity index (χ2n) is 7.82. The summed E-state index contributed by atoms with van der Waals surface area (Å²) in [5.74, 6) is 0.663. The highest BCUT2D eigenvalue weighted by atomic mass is 16.2. The molecule has 3 rings (SSSR count). The van der Waals surface area contributed by atoms with Crippen molar-refractivity contribution in [1.82, 2.24) is 25.1 Å². The smallest absolute Gasteiger partial charge is 0.252 e. The van der Waals surface area contributed by atoms with E-state index < -0.39 is 0 Å². The van der Waals surface area contributed by atoms with E-state index in [1.54, 1.807) is 6.92 Å². The summed E-state index contributed by atoms with van der Waals surface area (Å²) in [4.78, 5) is 35.7. The number of aromatic nitrogens is 2. The van der Waals surface area contributed by atoms with Gasteiger partial charge in [0.15, 0.2) is 0 Å². The lowest BCUT2D eigenvalue weighted by Crippen LogP contribution is -2.50. The summed E-state index contributed by atoms with van der Waals surface area (Å²) >= 11 is 0. The topological polar surface area (TPSA) is 93.4 Å². The van der Waals surface area contributed by atoms with Gasteiger partial charge in [-0.15, -0.1) is 0 Å². The molecule has 27 heavy (non-hydrogen) atoms. The number of carbonyl (C=O) groups is 1. The van der Waals surface area contributed by atoms with E-state index in [1.165, 1.54) is 18.9 Å². The van der Waals surface area contributed by atoms with E-state index in [0.29, 0.717) is 30.8 Å². The minimum atomic E-state index is -0.176. The van der Waals surface area contributed by atoms with E-state index in [-0.39, 0.29) is 17.4 Å². The van der Waals surface area contributed by atoms with Crippen LogP contribution in [-0.2, 0) is 4.79 Å². The Bertz CT molecular complexity index is 683. The molecule has 0 saturated carbocycles. The Kier molecular flexibility index (Phi) is 6.84. The first-order valence-electron chi connectivity index (χ1n) is 10.0. The highest BCUT2D eigenvalue weighted by Gasteiger charge is 2.30. The largest absolute Gasteiger partial charge is 0.354 e. The number of H-pyrrole nitrogens is 1. The van der Waals surface area contributed by atoms with Gasteiger partial charge < -0.3 is 15.5 Å². The van der Waals surface area contributed by atoms with Gasteiger partial charge >= 0.3 is 0 Å². The molecule has 0 bridgehead atoms. The van der Waals surface area contributed by atoms with Crippen LogP contribution < -0.4 is 16.2 Å². The zero-order chi connectivity index (χ0) is 19.2. The first-order valence-corrected chi connectivity index (χ1v) is 10.0. The predicted molar refractivity (Wildman–Crippen MR) is 106 cm³/mol. The lowest BCUT2D eigenvalue weighted by molar-refractivity contribution is -0.127. The van der Waals surface area contributed by atoms with Gasteiger partial charge in [0, 0.05) is 37.4 Å². The fourth-order valence-electron chi connectivity index (χ4n) is 4.09. The van der Waals surface area contributed by atoms with Gasteiger partial charge in [-0.1, -0.05) is 0 Å². The van der Waals surface area contributed by atoms with E-state index in [4.69, 9.17) is 0 Å². The van der Waals surface area contributed by atoms with Crippen LogP contribution in [0.4, 0.5) is 5.95 Å². The number of hydrogen-bond donors (Lipinski definition) is 3. The molecule has 0 aromatic carbocycles. The third-order valence-electron chi connectivity index (χ3n) is 5.61. The second kappa shape index (κ2) is 9.32. The van der Waals surface area contributed by atoms with E-state index in [2.05, 4.69) is 37.4 Å². The average Bonchev–Trinajstić information content (AvgIpc) is 2.65. The van der Waals surface area contributed by atoms with Crippen molar-refractivity contribution in [2.45, 2.75) is 38.6 Å². The molecule has 1 atom stereocenters. The number of likely N-dealkylation sites (tertiary alicyclic amines) is 2. The SMILES string of the molecule is Cc1cc(=O)[nH]c(NCCNC(=O)[C@H]2CCCN(C3CCN(C)CC3)C2)n1. The molecule has 1 aromatic rings. The van der Waals surface area contributed by atoms with Crippen molar-refractivity contribution in [3.8, 4) is 0 Å². The van der Waals surface area contributed by atoms with Crippen LogP contribution in [0.15, 0.2) is 10.9 Å². The van der Waals surface area contributed by atoms with E-state index in [9.17, 15) is 9.59 Å². The van der Waals surface area contributed by atoms with Gasteiger partial charge in [-0.25, -0.2) is 4.98 Å². The molecule has 0 spiro atoms. The van der Waals surface area contributed by atoms with Crippen LogP contribution in [0.3, 0.4) is 0 Å². The van der Waals surface area contributed by atoms with Gasteiger partial charge in [0.05, 0.1) is 5.92 Å². The normalized spacial score (nSPS) is 22.5. The Morgan fingerprint density at radius 1 is 1.26 bits per heavy atom. The number of hydrogen-bond acceptors (Lipinski definition) is 6. The standard InChI is InChI=1S/C19H32N6O2/c1-14-12-17(26)23-19(22-14)21-8-7-20-18(27)15-4-3-9-25(13-15)16-5-10-24(2)11-6-16/h12,15-16H,3-11,13H2,1-2H3,(H,20,27)(H2,21,22,23,26)/t15-/m0/s1. The van der Waals surface area contributed by atoms with Crippen molar-refractivity contribution in [2.75, 3.05) is 51.6 Å². The molecule has 2 aliphatic rings. The lowest BCUT2D eigenvalue weighted by atomic mass is 9.93. The van der Waals surface area contributed by atoms with Gasteiger partial charge in [0.25, 0.3) is 5.56 Å². The first kappa shape index (κ1) is 19.8. The molecule has 150 valence electrons. The number of nitrogens with zero attached hydrogens (tertiary/aromatic N) is 3. The Hall–Kier alpha value is -1.93. The monoisotopic (exact) mass is 376 g/mol.